The Balaban J connectivity index is 2.70. The number of hydrogen-bond acceptors (Lipinski definition) is 2. The summed E-state index contributed by atoms with van der Waals surface area (Å²) in [5.41, 5.74) is 0.190. The summed E-state index contributed by atoms with van der Waals surface area (Å²) in [6.07, 6.45) is 4.99. The number of carbonyl (C=O) groups is 1. The second-order valence-corrected chi connectivity index (χ2v) is 4.09. The third-order valence-electron chi connectivity index (χ3n) is 2.58. The Labute approximate surface area is 84.8 Å². The number of carboxylic acids is 1. The van der Waals surface area contributed by atoms with Gasteiger partial charge in [-0.1, -0.05) is 11.6 Å². The van der Waals surface area contributed by atoms with E-state index in [9.17, 15) is 4.79 Å². The van der Waals surface area contributed by atoms with E-state index in [0.29, 0.717) is 19.4 Å². The molecular weight excluding hydrogens is 180 g/mol. The molecule has 0 radical (unpaired) electrons. The summed E-state index contributed by atoms with van der Waals surface area (Å²) in [4.78, 5) is 11.1. The largest absolute Gasteiger partial charge is 0.479 e. The molecule has 0 spiro atoms. The van der Waals surface area contributed by atoms with Gasteiger partial charge in [0.1, 0.15) is 0 Å². The Kier molecular flexibility index (Phi) is 3.69. The van der Waals surface area contributed by atoms with Crippen LogP contribution in [0.1, 0.15) is 39.5 Å². The lowest BCUT2D eigenvalue weighted by Crippen LogP contribution is -2.43. The summed E-state index contributed by atoms with van der Waals surface area (Å²) in [5, 5.41) is 9.15. The van der Waals surface area contributed by atoms with E-state index in [2.05, 4.69) is 0 Å². The zero-order valence-corrected chi connectivity index (χ0v) is 8.88. The van der Waals surface area contributed by atoms with Crippen molar-refractivity contribution in [3.8, 4) is 0 Å². The number of aliphatic carboxylic acids is 1. The molecule has 3 heteroatoms. The van der Waals surface area contributed by atoms with Gasteiger partial charge in [0.2, 0.25) is 0 Å². The summed E-state index contributed by atoms with van der Waals surface area (Å²) in [7, 11) is 0. The highest BCUT2D eigenvalue weighted by Crippen LogP contribution is 2.29. The van der Waals surface area contributed by atoms with E-state index in [1.54, 1.807) is 0 Å². The predicted molar refractivity (Wildman–Crippen MR) is 54.2 cm³/mol. The maximum absolute atomic E-state index is 11.1. The second-order valence-electron chi connectivity index (χ2n) is 4.09. The fourth-order valence-electron chi connectivity index (χ4n) is 1.64. The highest BCUT2D eigenvalue weighted by molar-refractivity contribution is 5.77. The van der Waals surface area contributed by atoms with Crippen LogP contribution in [0.3, 0.4) is 0 Å². The van der Waals surface area contributed by atoms with Crippen molar-refractivity contribution in [1.82, 2.24) is 0 Å². The molecule has 1 N–H and O–H groups in total. The van der Waals surface area contributed by atoms with E-state index >= 15 is 0 Å². The molecule has 0 aromatic carbocycles. The van der Waals surface area contributed by atoms with Crippen LogP contribution in [-0.2, 0) is 9.53 Å². The molecule has 1 atom stereocenters. The minimum Gasteiger partial charge on any atom is -0.479 e. The molecule has 1 aliphatic heterocycles. The number of ether oxygens (including phenoxy) is 1. The molecule has 14 heavy (non-hydrogen) atoms. The van der Waals surface area contributed by atoms with Crippen molar-refractivity contribution in [2.24, 2.45) is 0 Å². The van der Waals surface area contributed by atoms with Crippen molar-refractivity contribution in [2.75, 3.05) is 6.61 Å². The number of carboxylic acid groups (broad SMARTS) is 1. The minimum absolute atomic E-state index is 0.491. The van der Waals surface area contributed by atoms with E-state index in [-0.39, 0.29) is 0 Å². The topological polar surface area (TPSA) is 46.5 Å². The third kappa shape index (κ3) is 2.58. The van der Waals surface area contributed by atoms with Crippen LogP contribution >= 0.6 is 0 Å². The highest BCUT2D eigenvalue weighted by atomic mass is 16.5. The normalized spacial score (nSPS) is 27.0. The predicted octanol–water partition coefficient (Wildman–Crippen LogP) is 2.37. The van der Waals surface area contributed by atoms with Gasteiger partial charge in [-0.15, -0.1) is 0 Å². The van der Waals surface area contributed by atoms with Crippen LogP contribution in [0.15, 0.2) is 11.6 Å². The molecule has 80 valence electrons. The maximum atomic E-state index is 11.1. The first-order valence-electron chi connectivity index (χ1n) is 5.07. The van der Waals surface area contributed by atoms with Gasteiger partial charge in [0.15, 0.2) is 5.60 Å². The average Bonchev–Trinajstić information content (AvgIpc) is 2.16. The van der Waals surface area contributed by atoms with Crippen LogP contribution in [0, 0.1) is 0 Å². The van der Waals surface area contributed by atoms with E-state index in [0.717, 1.165) is 18.4 Å². The fourth-order valence-corrected chi connectivity index (χ4v) is 1.64. The average molecular weight is 198 g/mol. The number of rotatable bonds is 3. The lowest BCUT2D eigenvalue weighted by Gasteiger charge is -2.32. The highest BCUT2D eigenvalue weighted by Gasteiger charge is 2.39. The van der Waals surface area contributed by atoms with Crippen LogP contribution in [-0.4, -0.2) is 23.3 Å². The van der Waals surface area contributed by atoms with E-state index in [1.165, 1.54) is 0 Å². The first-order valence-corrected chi connectivity index (χ1v) is 5.07. The maximum Gasteiger partial charge on any atom is 0.336 e. The molecule has 1 aliphatic rings. The molecule has 0 aromatic heterocycles. The lowest BCUT2D eigenvalue weighted by atomic mass is 9.90. The fraction of sp³-hybridized carbons (Fsp3) is 0.727. The van der Waals surface area contributed by atoms with Gasteiger partial charge in [0.25, 0.3) is 0 Å². The van der Waals surface area contributed by atoms with Crippen molar-refractivity contribution >= 4 is 5.97 Å². The molecule has 1 heterocycles. The molecule has 1 saturated heterocycles. The van der Waals surface area contributed by atoms with Gasteiger partial charge in [-0.05, 0) is 33.1 Å². The zero-order valence-electron chi connectivity index (χ0n) is 8.88. The molecule has 3 nitrogen and oxygen atoms in total. The van der Waals surface area contributed by atoms with Crippen LogP contribution in [0.25, 0.3) is 0 Å². The number of hydrogen-bond donors (Lipinski definition) is 1. The first kappa shape index (κ1) is 11.2. The smallest absolute Gasteiger partial charge is 0.336 e. The minimum atomic E-state index is -0.949. The van der Waals surface area contributed by atoms with Gasteiger partial charge in [0, 0.05) is 13.0 Å². The molecule has 0 aliphatic carbocycles. The number of allylic oxidation sites excluding steroid dienone is 1. The third-order valence-corrected chi connectivity index (χ3v) is 2.58. The van der Waals surface area contributed by atoms with Gasteiger partial charge >= 0.3 is 5.97 Å². The zero-order chi connectivity index (χ0) is 10.6. The Hall–Kier alpha value is -0.830. The Morgan fingerprint density at radius 1 is 1.50 bits per heavy atom. The van der Waals surface area contributed by atoms with Crippen LogP contribution < -0.4 is 0 Å². The first-order chi connectivity index (χ1) is 6.57. The van der Waals surface area contributed by atoms with Gasteiger partial charge in [0.05, 0.1) is 0 Å². The Morgan fingerprint density at radius 3 is 2.64 bits per heavy atom. The second kappa shape index (κ2) is 4.60. The van der Waals surface area contributed by atoms with Crippen LogP contribution in [0.2, 0.25) is 0 Å². The molecule has 0 amide bonds. The summed E-state index contributed by atoms with van der Waals surface area (Å²) in [5.74, 6) is -0.824. The van der Waals surface area contributed by atoms with E-state index < -0.39 is 11.6 Å². The molecule has 1 fully saturated rings. The van der Waals surface area contributed by atoms with Gasteiger partial charge in [-0.25, -0.2) is 4.79 Å². The van der Waals surface area contributed by atoms with Crippen LogP contribution in [0.5, 0.6) is 0 Å². The lowest BCUT2D eigenvalue weighted by molar-refractivity contribution is -0.171. The summed E-state index contributed by atoms with van der Waals surface area (Å²) < 4.78 is 5.43. The summed E-state index contributed by atoms with van der Waals surface area (Å²) >= 11 is 0. The molecule has 0 saturated carbocycles. The van der Waals surface area contributed by atoms with Crippen molar-refractivity contribution in [3.63, 3.8) is 0 Å². The Bertz CT molecular complexity index is 233. The molecule has 0 bridgehead atoms. The summed E-state index contributed by atoms with van der Waals surface area (Å²) in [6, 6.07) is 0. The Morgan fingerprint density at radius 2 is 2.21 bits per heavy atom. The van der Waals surface area contributed by atoms with Gasteiger partial charge in [-0.3, -0.25) is 0 Å². The summed E-state index contributed by atoms with van der Waals surface area (Å²) in [6.45, 7) is 4.51. The monoisotopic (exact) mass is 198 g/mol. The molecule has 0 aromatic rings. The van der Waals surface area contributed by atoms with Crippen molar-refractivity contribution in [2.45, 2.75) is 45.1 Å². The van der Waals surface area contributed by atoms with Crippen LogP contribution in [0.4, 0.5) is 0 Å². The van der Waals surface area contributed by atoms with Crippen molar-refractivity contribution in [1.29, 1.82) is 0 Å². The van der Waals surface area contributed by atoms with Crippen molar-refractivity contribution in [3.05, 3.63) is 11.6 Å². The quantitative estimate of drug-likeness (QED) is 0.708. The molecule has 1 unspecified atom stereocenters. The van der Waals surface area contributed by atoms with E-state index in [1.807, 2.05) is 19.9 Å². The molecule has 1 rings (SSSR count). The SMILES string of the molecule is CC(C)=CCC1(C(=O)O)CCCCO1. The standard InChI is InChI=1S/C11H18O3/c1-9(2)5-7-11(10(12)13)6-3-4-8-14-11/h5H,3-4,6-8H2,1-2H3,(H,12,13). The van der Waals surface area contributed by atoms with Gasteiger partial charge in [-0.2, -0.15) is 0 Å². The van der Waals surface area contributed by atoms with E-state index in [4.69, 9.17) is 9.84 Å². The van der Waals surface area contributed by atoms with Gasteiger partial charge < -0.3 is 9.84 Å². The van der Waals surface area contributed by atoms with Crippen molar-refractivity contribution < 1.29 is 14.6 Å². The molecular formula is C11H18O3.